The number of ether oxygens (including phenoxy) is 2. The first kappa shape index (κ1) is 22.4. The van der Waals surface area contributed by atoms with Crippen molar-refractivity contribution < 1.29 is 17.9 Å². The molecule has 10 heteroatoms. The molecule has 34 heavy (non-hydrogen) atoms. The molecule has 1 fully saturated rings. The number of methoxy groups -OCH3 is 2. The summed E-state index contributed by atoms with van der Waals surface area (Å²) in [4.78, 5) is 4.76. The lowest BCUT2D eigenvalue weighted by Gasteiger charge is -2.22. The van der Waals surface area contributed by atoms with E-state index >= 15 is 0 Å². The number of sulfonamides is 1. The van der Waals surface area contributed by atoms with Crippen LogP contribution in [0.1, 0.15) is 43.8 Å². The average molecular weight is 482 g/mol. The molecule has 2 aromatic heterocycles. The molecule has 0 aliphatic heterocycles. The quantitative estimate of drug-likeness (QED) is 0.408. The van der Waals surface area contributed by atoms with Crippen LogP contribution in [0.15, 0.2) is 47.4 Å². The number of anilines is 1. The first-order chi connectivity index (χ1) is 16.5. The first-order valence-corrected chi connectivity index (χ1v) is 12.7. The Kier molecular flexibility index (Phi) is 5.76. The van der Waals surface area contributed by atoms with E-state index in [1.807, 2.05) is 28.7 Å². The number of para-hydroxylation sites is 2. The number of fused-ring (bicyclic) bond motifs is 3. The van der Waals surface area contributed by atoms with Gasteiger partial charge in [-0.05, 0) is 37.1 Å². The largest absolute Gasteiger partial charge is 0.493 e. The second-order valence-electron chi connectivity index (χ2n) is 8.47. The predicted molar refractivity (Wildman–Crippen MR) is 129 cm³/mol. The minimum atomic E-state index is -3.97. The molecular formula is C24H27N5O4S. The Morgan fingerprint density at radius 3 is 2.44 bits per heavy atom. The maximum atomic E-state index is 13.6. The Morgan fingerprint density at radius 2 is 1.71 bits per heavy atom. The van der Waals surface area contributed by atoms with Crippen molar-refractivity contribution in [1.82, 2.24) is 19.6 Å². The molecule has 0 radical (unpaired) electrons. The molecule has 0 unspecified atom stereocenters. The van der Waals surface area contributed by atoms with Gasteiger partial charge in [0.1, 0.15) is 5.82 Å². The molecule has 9 nitrogen and oxygen atoms in total. The van der Waals surface area contributed by atoms with Crippen molar-refractivity contribution >= 4 is 32.5 Å². The molecule has 0 saturated heterocycles. The summed E-state index contributed by atoms with van der Waals surface area (Å²) in [6.45, 7) is 0. The van der Waals surface area contributed by atoms with Gasteiger partial charge in [-0.15, -0.1) is 10.2 Å². The van der Waals surface area contributed by atoms with E-state index in [2.05, 4.69) is 10.2 Å². The van der Waals surface area contributed by atoms with Gasteiger partial charge in [0.15, 0.2) is 17.3 Å². The minimum absolute atomic E-state index is 0.0628. The topological polar surface area (TPSA) is 98.9 Å². The summed E-state index contributed by atoms with van der Waals surface area (Å²) < 4.78 is 40.9. The molecule has 2 heterocycles. The van der Waals surface area contributed by atoms with E-state index in [1.165, 1.54) is 39.8 Å². The van der Waals surface area contributed by atoms with Crippen molar-refractivity contribution in [2.24, 2.45) is 0 Å². The van der Waals surface area contributed by atoms with Crippen molar-refractivity contribution in [2.75, 3.05) is 25.6 Å². The van der Waals surface area contributed by atoms with Crippen molar-refractivity contribution in [3.8, 4) is 11.5 Å². The fourth-order valence-corrected chi connectivity index (χ4v) is 5.84. The summed E-state index contributed by atoms with van der Waals surface area (Å²) in [7, 11) is 0.484. The van der Waals surface area contributed by atoms with E-state index in [9.17, 15) is 8.42 Å². The van der Waals surface area contributed by atoms with Crippen molar-refractivity contribution in [3.05, 3.63) is 48.3 Å². The number of hydrogen-bond donors (Lipinski definition) is 0. The second-order valence-corrected chi connectivity index (χ2v) is 10.4. The third kappa shape index (κ3) is 3.62. The average Bonchev–Trinajstić information content (AvgIpc) is 3.33. The van der Waals surface area contributed by atoms with Gasteiger partial charge < -0.3 is 9.47 Å². The molecule has 0 atom stereocenters. The van der Waals surface area contributed by atoms with Gasteiger partial charge in [0.25, 0.3) is 10.0 Å². The van der Waals surface area contributed by atoms with Gasteiger partial charge in [0.05, 0.1) is 30.1 Å². The van der Waals surface area contributed by atoms with E-state index < -0.39 is 10.0 Å². The standard InChI is InChI=1S/C24H27N5O4S/c1-28(34(30,31)17-13-14-20(32-2)21(15-17)33-3)23-24-27-26-22(16-9-5-4-6-10-16)29(24)19-12-8-7-11-18(19)25-23/h7-8,11-16H,4-6,9-10H2,1-3H3. The zero-order chi connectivity index (χ0) is 23.9. The summed E-state index contributed by atoms with van der Waals surface area (Å²) in [6.07, 6.45) is 5.64. The lowest BCUT2D eigenvalue weighted by molar-refractivity contribution is 0.354. The van der Waals surface area contributed by atoms with Crippen LogP contribution >= 0.6 is 0 Å². The molecule has 5 rings (SSSR count). The van der Waals surface area contributed by atoms with Gasteiger partial charge in [0, 0.05) is 19.0 Å². The van der Waals surface area contributed by atoms with Crippen LogP contribution in [0.2, 0.25) is 0 Å². The highest BCUT2D eigenvalue weighted by Gasteiger charge is 2.29. The van der Waals surface area contributed by atoms with Gasteiger partial charge in [-0.1, -0.05) is 31.4 Å². The molecule has 0 bridgehead atoms. The van der Waals surface area contributed by atoms with Crippen LogP contribution in [0.4, 0.5) is 5.82 Å². The summed E-state index contributed by atoms with van der Waals surface area (Å²) >= 11 is 0. The van der Waals surface area contributed by atoms with Crippen LogP contribution in [0, 0.1) is 0 Å². The minimum Gasteiger partial charge on any atom is -0.493 e. The smallest absolute Gasteiger partial charge is 0.265 e. The Hall–Kier alpha value is -3.40. The summed E-state index contributed by atoms with van der Waals surface area (Å²) in [5.41, 5.74) is 1.96. The summed E-state index contributed by atoms with van der Waals surface area (Å²) in [5.74, 6) is 2.16. The molecule has 0 amide bonds. The molecule has 2 aromatic carbocycles. The highest BCUT2D eigenvalue weighted by Crippen LogP contribution is 2.36. The maximum absolute atomic E-state index is 13.6. The fraction of sp³-hybridized carbons (Fsp3) is 0.375. The van der Waals surface area contributed by atoms with Crippen LogP contribution in [-0.4, -0.2) is 49.3 Å². The Bertz CT molecular complexity index is 1460. The van der Waals surface area contributed by atoms with Gasteiger partial charge in [0.2, 0.25) is 5.65 Å². The second kappa shape index (κ2) is 8.75. The van der Waals surface area contributed by atoms with E-state index in [-0.39, 0.29) is 16.6 Å². The highest BCUT2D eigenvalue weighted by molar-refractivity contribution is 7.92. The predicted octanol–water partition coefficient (Wildman–Crippen LogP) is 4.17. The van der Waals surface area contributed by atoms with Crippen LogP contribution in [0.3, 0.4) is 0 Å². The maximum Gasteiger partial charge on any atom is 0.265 e. The van der Waals surface area contributed by atoms with Gasteiger partial charge in [-0.25, -0.2) is 17.7 Å². The number of hydrogen-bond acceptors (Lipinski definition) is 7. The van der Waals surface area contributed by atoms with Crippen LogP contribution in [-0.2, 0) is 10.0 Å². The van der Waals surface area contributed by atoms with E-state index in [0.717, 1.165) is 41.3 Å². The lowest BCUT2D eigenvalue weighted by atomic mass is 9.89. The van der Waals surface area contributed by atoms with Crippen LogP contribution < -0.4 is 13.8 Å². The van der Waals surface area contributed by atoms with Gasteiger partial charge in [-0.2, -0.15) is 0 Å². The Morgan fingerprint density at radius 1 is 0.971 bits per heavy atom. The first-order valence-electron chi connectivity index (χ1n) is 11.3. The lowest BCUT2D eigenvalue weighted by Crippen LogP contribution is -2.28. The van der Waals surface area contributed by atoms with Crippen molar-refractivity contribution in [2.45, 2.75) is 42.9 Å². The van der Waals surface area contributed by atoms with Crippen molar-refractivity contribution in [3.63, 3.8) is 0 Å². The zero-order valence-corrected chi connectivity index (χ0v) is 20.2. The Labute approximate surface area is 198 Å². The number of benzene rings is 2. The van der Waals surface area contributed by atoms with E-state index in [4.69, 9.17) is 14.5 Å². The molecule has 1 saturated carbocycles. The SMILES string of the molecule is COc1ccc(S(=O)(=O)N(C)c2nc3ccccc3n3c(C4CCCCC4)nnc23)cc1OC. The molecular weight excluding hydrogens is 454 g/mol. The molecule has 178 valence electrons. The number of aromatic nitrogens is 4. The highest BCUT2D eigenvalue weighted by atomic mass is 32.2. The van der Waals surface area contributed by atoms with E-state index in [1.54, 1.807) is 6.07 Å². The normalized spacial score (nSPS) is 15.0. The monoisotopic (exact) mass is 481 g/mol. The third-order valence-corrected chi connectivity index (χ3v) is 8.26. The van der Waals surface area contributed by atoms with Crippen LogP contribution in [0.5, 0.6) is 11.5 Å². The molecule has 0 N–H and O–H groups in total. The summed E-state index contributed by atoms with van der Waals surface area (Å²) in [6, 6.07) is 12.2. The third-order valence-electron chi connectivity index (χ3n) is 6.52. The zero-order valence-electron chi connectivity index (χ0n) is 19.4. The van der Waals surface area contributed by atoms with Gasteiger partial charge in [-0.3, -0.25) is 4.40 Å². The molecule has 1 aliphatic carbocycles. The van der Waals surface area contributed by atoms with Gasteiger partial charge >= 0.3 is 0 Å². The number of rotatable bonds is 6. The van der Waals surface area contributed by atoms with Crippen LogP contribution in [0.25, 0.3) is 16.7 Å². The molecule has 1 aliphatic rings. The van der Waals surface area contributed by atoms with Crippen molar-refractivity contribution in [1.29, 1.82) is 0 Å². The van der Waals surface area contributed by atoms with E-state index in [0.29, 0.717) is 22.7 Å². The molecule has 0 spiro atoms. The number of nitrogens with zero attached hydrogens (tertiary/aromatic N) is 5. The summed E-state index contributed by atoms with van der Waals surface area (Å²) in [5, 5.41) is 8.96. The Balaban J connectivity index is 1.68. The molecule has 4 aromatic rings. The fourth-order valence-electron chi connectivity index (χ4n) is 4.68.